The molecular weight excluding hydrogens is 262 g/mol. The molecule has 1 aliphatic rings. The number of thioether (sulfide) groups is 1. The maximum Gasteiger partial charge on any atom is 0.0164 e. The van der Waals surface area contributed by atoms with E-state index in [4.69, 9.17) is 0 Å². The van der Waals surface area contributed by atoms with Gasteiger partial charge in [0, 0.05) is 16.7 Å². The van der Waals surface area contributed by atoms with Crippen LogP contribution in [-0.4, -0.2) is 18.8 Å². The Morgan fingerprint density at radius 2 is 1.75 bits per heavy atom. The molecule has 0 unspecified atom stereocenters. The zero-order valence-electron chi connectivity index (χ0n) is 13.0. The highest BCUT2D eigenvalue weighted by Gasteiger charge is 2.14. The Balaban J connectivity index is 2.00. The summed E-state index contributed by atoms with van der Waals surface area (Å²) in [5.74, 6) is 0. The molecule has 0 aromatic heterocycles. The van der Waals surface area contributed by atoms with Crippen LogP contribution in [-0.2, 0) is 0 Å². The van der Waals surface area contributed by atoms with E-state index in [1.54, 1.807) is 0 Å². The van der Waals surface area contributed by atoms with E-state index in [0.717, 1.165) is 11.8 Å². The van der Waals surface area contributed by atoms with Crippen molar-refractivity contribution >= 4 is 17.3 Å². The van der Waals surface area contributed by atoms with Crippen LogP contribution in [0.4, 0.5) is 0 Å². The predicted octanol–water partition coefficient (Wildman–Crippen LogP) is 5.12. The van der Waals surface area contributed by atoms with Gasteiger partial charge in [-0.3, -0.25) is 0 Å². The maximum absolute atomic E-state index is 3.22. The van der Waals surface area contributed by atoms with Gasteiger partial charge in [-0.05, 0) is 57.0 Å². The molecule has 1 nitrogen and oxygen atoms in total. The fourth-order valence-electron chi connectivity index (χ4n) is 2.80. The Bertz CT molecular complexity index is 441. The van der Waals surface area contributed by atoms with Crippen molar-refractivity contribution in [3.8, 4) is 0 Å². The van der Waals surface area contributed by atoms with Gasteiger partial charge < -0.3 is 5.32 Å². The molecule has 0 spiro atoms. The first-order valence-electron chi connectivity index (χ1n) is 7.78. The Labute approximate surface area is 128 Å². The van der Waals surface area contributed by atoms with E-state index in [2.05, 4.69) is 55.2 Å². The molecule has 1 aromatic rings. The molecule has 0 aliphatic heterocycles. The molecule has 1 aliphatic carbocycles. The molecule has 2 heteroatoms. The normalized spacial score (nSPS) is 17.9. The van der Waals surface area contributed by atoms with Crippen molar-refractivity contribution in [3.63, 3.8) is 0 Å². The maximum atomic E-state index is 3.22. The van der Waals surface area contributed by atoms with Gasteiger partial charge in [-0.25, -0.2) is 0 Å². The molecule has 0 heterocycles. The van der Waals surface area contributed by atoms with Gasteiger partial charge in [0.15, 0.2) is 0 Å². The standard InChI is InChI=1S/C18H27NS/c1-14(13-19-3)15(2)16-9-11-18(12-10-16)20-17-7-5-4-6-8-17/h9-12,17,19H,4-8,13H2,1-3H3. The van der Waals surface area contributed by atoms with Crippen LogP contribution in [0.15, 0.2) is 34.7 Å². The molecule has 0 amide bonds. The highest BCUT2D eigenvalue weighted by molar-refractivity contribution is 8.00. The molecule has 1 saturated carbocycles. The van der Waals surface area contributed by atoms with Gasteiger partial charge in [0.1, 0.15) is 0 Å². The molecule has 0 saturated heterocycles. The lowest BCUT2D eigenvalue weighted by Crippen LogP contribution is -2.09. The molecule has 1 aromatic carbocycles. The van der Waals surface area contributed by atoms with Crippen molar-refractivity contribution in [2.75, 3.05) is 13.6 Å². The van der Waals surface area contributed by atoms with Crippen molar-refractivity contribution in [3.05, 3.63) is 35.4 Å². The third kappa shape index (κ3) is 4.39. The second-order valence-corrected chi connectivity index (χ2v) is 7.21. The minimum atomic E-state index is 0.845. The van der Waals surface area contributed by atoms with Crippen molar-refractivity contribution in [1.29, 1.82) is 0 Å². The van der Waals surface area contributed by atoms with Gasteiger partial charge in [0.05, 0.1) is 0 Å². The summed E-state index contributed by atoms with van der Waals surface area (Å²) in [5.41, 5.74) is 4.17. The monoisotopic (exact) mass is 289 g/mol. The van der Waals surface area contributed by atoms with Crippen LogP contribution < -0.4 is 5.32 Å². The van der Waals surface area contributed by atoms with E-state index in [9.17, 15) is 0 Å². The first kappa shape index (κ1) is 15.7. The Kier molecular flexibility index (Phi) is 6.18. The second kappa shape index (κ2) is 7.90. The smallest absolute Gasteiger partial charge is 0.0164 e. The summed E-state index contributed by atoms with van der Waals surface area (Å²) in [6.07, 6.45) is 7.06. The lowest BCUT2D eigenvalue weighted by molar-refractivity contribution is 0.516. The number of allylic oxidation sites excluding steroid dienone is 1. The van der Waals surface area contributed by atoms with Gasteiger partial charge in [-0.15, -0.1) is 11.8 Å². The van der Waals surface area contributed by atoms with Crippen LogP contribution in [0.3, 0.4) is 0 Å². The van der Waals surface area contributed by atoms with Gasteiger partial charge in [-0.2, -0.15) is 0 Å². The summed E-state index contributed by atoms with van der Waals surface area (Å²) in [7, 11) is 2.00. The molecule has 0 radical (unpaired) electrons. The average molecular weight is 289 g/mol. The van der Waals surface area contributed by atoms with Gasteiger partial charge in [0.25, 0.3) is 0 Å². The predicted molar refractivity (Wildman–Crippen MR) is 91.4 cm³/mol. The molecule has 0 atom stereocenters. The Morgan fingerprint density at radius 1 is 1.10 bits per heavy atom. The summed E-state index contributed by atoms with van der Waals surface area (Å²) < 4.78 is 0. The second-order valence-electron chi connectivity index (χ2n) is 5.84. The Morgan fingerprint density at radius 3 is 2.35 bits per heavy atom. The van der Waals surface area contributed by atoms with E-state index in [0.29, 0.717) is 0 Å². The molecule has 0 bridgehead atoms. The minimum Gasteiger partial charge on any atom is -0.316 e. The van der Waals surface area contributed by atoms with Crippen molar-refractivity contribution in [1.82, 2.24) is 5.32 Å². The summed E-state index contributed by atoms with van der Waals surface area (Å²) in [5, 5.41) is 4.07. The first-order chi connectivity index (χ1) is 9.70. The van der Waals surface area contributed by atoms with Crippen LogP contribution >= 0.6 is 11.8 Å². The van der Waals surface area contributed by atoms with E-state index < -0.39 is 0 Å². The number of benzene rings is 1. The largest absolute Gasteiger partial charge is 0.316 e. The quantitative estimate of drug-likeness (QED) is 0.807. The van der Waals surface area contributed by atoms with Crippen molar-refractivity contribution in [2.24, 2.45) is 0 Å². The number of hydrogen-bond donors (Lipinski definition) is 1. The van der Waals surface area contributed by atoms with Crippen molar-refractivity contribution in [2.45, 2.75) is 56.1 Å². The molecule has 1 N–H and O–H groups in total. The highest BCUT2D eigenvalue weighted by atomic mass is 32.2. The van der Waals surface area contributed by atoms with Gasteiger partial charge in [0.2, 0.25) is 0 Å². The summed E-state index contributed by atoms with van der Waals surface area (Å²) >= 11 is 2.08. The van der Waals surface area contributed by atoms with Gasteiger partial charge in [-0.1, -0.05) is 37.0 Å². The Hall–Kier alpha value is -0.730. The van der Waals surface area contributed by atoms with E-state index in [1.807, 2.05) is 7.05 Å². The van der Waals surface area contributed by atoms with Gasteiger partial charge >= 0.3 is 0 Å². The van der Waals surface area contributed by atoms with E-state index in [-0.39, 0.29) is 0 Å². The van der Waals surface area contributed by atoms with Crippen LogP contribution in [0.1, 0.15) is 51.5 Å². The minimum absolute atomic E-state index is 0.845. The summed E-state index contributed by atoms with van der Waals surface area (Å²) in [6.45, 7) is 5.39. The average Bonchev–Trinajstić information content (AvgIpc) is 2.48. The van der Waals surface area contributed by atoms with Crippen LogP contribution in [0.25, 0.3) is 5.57 Å². The fourth-order valence-corrected chi connectivity index (χ4v) is 4.05. The number of nitrogens with one attached hydrogen (secondary N) is 1. The fraction of sp³-hybridized carbons (Fsp3) is 0.556. The molecule has 20 heavy (non-hydrogen) atoms. The van der Waals surface area contributed by atoms with Crippen LogP contribution in [0.2, 0.25) is 0 Å². The van der Waals surface area contributed by atoms with Crippen molar-refractivity contribution < 1.29 is 0 Å². The molecule has 2 rings (SSSR count). The lowest BCUT2D eigenvalue weighted by atomic mass is 10.0. The summed E-state index contributed by atoms with van der Waals surface area (Å²) in [6, 6.07) is 9.15. The number of hydrogen-bond acceptors (Lipinski definition) is 2. The zero-order chi connectivity index (χ0) is 14.4. The number of rotatable bonds is 5. The zero-order valence-corrected chi connectivity index (χ0v) is 13.9. The third-order valence-corrected chi connectivity index (χ3v) is 5.57. The molecule has 110 valence electrons. The van der Waals surface area contributed by atoms with Crippen LogP contribution in [0, 0.1) is 0 Å². The lowest BCUT2D eigenvalue weighted by Gasteiger charge is -2.21. The van der Waals surface area contributed by atoms with Crippen LogP contribution in [0.5, 0.6) is 0 Å². The number of likely N-dealkylation sites (N-methyl/N-ethyl adjacent to an activating group) is 1. The first-order valence-corrected chi connectivity index (χ1v) is 8.66. The van der Waals surface area contributed by atoms with E-state index in [1.165, 1.54) is 53.7 Å². The third-order valence-electron chi connectivity index (χ3n) is 4.22. The topological polar surface area (TPSA) is 12.0 Å². The van der Waals surface area contributed by atoms with E-state index >= 15 is 0 Å². The molecule has 1 fully saturated rings. The molecular formula is C18H27NS. The highest BCUT2D eigenvalue weighted by Crippen LogP contribution is 2.34. The SMILES string of the molecule is CNCC(C)=C(C)c1ccc(SC2CCCCC2)cc1. The summed E-state index contributed by atoms with van der Waals surface area (Å²) in [4.78, 5) is 1.43.